The number of hydrogen-bond acceptors (Lipinski definition) is 5. The lowest BCUT2D eigenvalue weighted by Crippen LogP contribution is -2.42. The van der Waals surface area contributed by atoms with Crippen LogP contribution < -0.4 is 10.3 Å². The quantitative estimate of drug-likeness (QED) is 0.571. The largest absolute Gasteiger partial charge is 0.496 e. The summed E-state index contributed by atoms with van der Waals surface area (Å²) >= 11 is 0. The van der Waals surface area contributed by atoms with Crippen LogP contribution in [-0.4, -0.2) is 44.4 Å². The summed E-state index contributed by atoms with van der Waals surface area (Å²) in [5.74, 6) is 0.292. The number of carbonyl (C=O) groups is 1. The molecule has 2 aromatic carbocycles. The first kappa shape index (κ1) is 21.8. The zero-order chi connectivity index (χ0) is 22.7. The lowest BCUT2D eigenvalue weighted by Gasteiger charge is -2.25. The fourth-order valence-electron chi connectivity index (χ4n) is 3.54. The number of aromatic nitrogens is 1. The number of ether oxygens (including phenoxy) is 1. The summed E-state index contributed by atoms with van der Waals surface area (Å²) in [5, 5.41) is 0.567. The van der Waals surface area contributed by atoms with Crippen molar-refractivity contribution in [2.45, 2.75) is 17.4 Å². The number of fused-ring (bicyclic) bond motifs is 1. The smallest absolute Gasteiger partial charge is 0.248 e. The molecular weight excluding hydrogens is 430 g/mol. The molecule has 1 aromatic heterocycles. The highest BCUT2D eigenvalue weighted by atomic mass is 32.2. The fraction of sp³-hybridized carbons (Fsp3) is 0.217. The Labute approximate surface area is 185 Å². The SMILES string of the molecule is CN(CC1=CCCO1)C(=O)C(NS(=O)(=O)c1ccc2[nH]c(=O)ccc2c1)c1ccccc1. The number of nitrogens with one attached hydrogen (secondary N) is 2. The molecule has 0 saturated heterocycles. The number of benzene rings is 2. The standard InChI is InChI=1S/C23H23N3O5S/c1-26(15-18-8-5-13-31-18)23(28)22(16-6-3-2-4-7-16)25-32(29,30)19-10-11-20-17(14-19)9-12-21(27)24-20/h2-4,6-12,14,22,25H,5,13,15H2,1H3,(H,24,27). The van der Waals surface area contributed by atoms with Gasteiger partial charge in [0.25, 0.3) is 0 Å². The van der Waals surface area contributed by atoms with E-state index >= 15 is 0 Å². The molecule has 0 saturated carbocycles. The van der Waals surface area contributed by atoms with Crippen molar-refractivity contribution in [3.63, 3.8) is 0 Å². The molecule has 8 nitrogen and oxygen atoms in total. The molecule has 3 aromatic rings. The van der Waals surface area contributed by atoms with Crippen molar-refractivity contribution >= 4 is 26.8 Å². The van der Waals surface area contributed by atoms with Crippen molar-refractivity contribution < 1.29 is 17.9 Å². The highest BCUT2D eigenvalue weighted by molar-refractivity contribution is 7.89. The molecule has 0 spiro atoms. The molecule has 1 aliphatic rings. The summed E-state index contributed by atoms with van der Waals surface area (Å²) < 4.78 is 34.5. The van der Waals surface area contributed by atoms with Gasteiger partial charge in [0, 0.05) is 25.1 Å². The van der Waals surface area contributed by atoms with Crippen molar-refractivity contribution in [3.05, 3.63) is 88.4 Å². The normalized spacial score (nSPS) is 14.6. The van der Waals surface area contributed by atoms with Crippen LogP contribution in [0.25, 0.3) is 10.9 Å². The lowest BCUT2D eigenvalue weighted by atomic mass is 10.1. The van der Waals surface area contributed by atoms with Crippen LogP contribution in [0.4, 0.5) is 0 Å². The van der Waals surface area contributed by atoms with Gasteiger partial charge in [0.15, 0.2) is 0 Å². The van der Waals surface area contributed by atoms with Crippen LogP contribution in [-0.2, 0) is 19.6 Å². The topological polar surface area (TPSA) is 109 Å². The fourth-order valence-corrected chi connectivity index (χ4v) is 4.75. The number of likely N-dealkylation sites (N-methyl/N-ethyl adjacent to an activating group) is 1. The molecule has 9 heteroatoms. The number of hydrogen-bond donors (Lipinski definition) is 2. The van der Waals surface area contributed by atoms with Gasteiger partial charge in [0.05, 0.1) is 18.0 Å². The van der Waals surface area contributed by atoms with Crippen LogP contribution in [0.15, 0.2) is 82.2 Å². The van der Waals surface area contributed by atoms with Crippen molar-refractivity contribution in [2.75, 3.05) is 20.2 Å². The Kier molecular flexibility index (Phi) is 6.11. The molecular formula is C23H23N3O5S. The minimum Gasteiger partial charge on any atom is -0.496 e. The molecule has 1 aliphatic heterocycles. The Hall–Kier alpha value is -3.43. The van der Waals surface area contributed by atoms with E-state index in [-0.39, 0.29) is 17.0 Å². The molecule has 2 heterocycles. The van der Waals surface area contributed by atoms with Crippen LogP contribution in [0.1, 0.15) is 18.0 Å². The predicted octanol–water partition coefficient (Wildman–Crippen LogP) is 2.31. The maximum absolute atomic E-state index is 13.3. The van der Waals surface area contributed by atoms with Crippen LogP contribution in [0, 0.1) is 0 Å². The number of H-pyrrole nitrogens is 1. The van der Waals surface area contributed by atoms with Crippen molar-refractivity contribution in [2.24, 2.45) is 0 Å². The maximum atomic E-state index is 13.3. The highest BCUT2D eigenvalue weighted by Gasteiger charge is 2.30. The molecule has 0 fully saturated rings. The van der Waals surface area contributed by atoms with Crippen LogP contribution in [0.2, 0.25) is 0 Å². The Morgan fingerprint density at radius 2 is 1.94 bits per heavy atom. The van der Waals surface area contributed by atoms with Crippen molar-refractivity contribution in [3.8, 4) is 0 Å². The zero-order valence-corrected chi connectivity index (χ0v) is 18.3. The number of rotatable bonds is 7. The third-order valence-electron chi connectivity index (χ3n) is 5.20. The summed E-state index contributed by atoms with van der Waals surface area (Å²) in [6, 6.07) is 14.9. The Bertz CT molecular complexity index is 1330. The molecule has 2 N–H and O–H groups in total. The summed E-state index contributed by atoms with van der Waals surface area (Å²) in [6.07, 6.45) is 2.71. The molecule has 1 atom stereocenters. The number of pyridine rings is 1. The van der Waals surface area contributed by atoms with Gasteiger partial charge in [-0.3, -0.25) is 9.59 Å². The van der Waals surface area contributed by atoms with Crippen molar-refractivity contribution in [1.82, 2.24) is 14.6 Å². The van der Waals surface area contributed by atoms with Gasteiger partial charge in [0.1, 0.15) is 11.8 Å². The Morgan fingerprint density at radius 1 is 1.16 bits per heavy atom. The minimum atomic E-state index is -4.05. The second-order valence-corrected chi connectivity index (χ2v) is 9.25. The first-order valence-electron chi connectivity index (χ1n) is 10.1. The van der Waals surface area contributed by atoms with Gasteiger partial charge >= 0.3 is 0 Å². The van der Waals surface area contributed by atoms with E-state index < -0.39 is 22.0 Å². The van der Waals surface area contributed by atoms with E-state index in [0.29, 0.717) is 28.8 Å². The van der Waals surface area contributed by atoms with Crippen LogP contribution in [0.3, 0.4) is 0 Å². The number of carbonyl (C=O) groups excluding carboxylic acids is 1. The van der Waals surface area contributed by atoms with Gasteiger partial charge < -0.3 is 14.6 Å². The molecule has 0 aliphatic carbocycles. The summed E-state index contributed by atoms with van der Waals surface area (Å²) in [5.41, 5.74) is 0.779. The predicted molar refractivity (Wildman–Crippen MR) is 120 cm³/mol. The van der Waals surface area contributed by atoms with Crippen molar-refractivity contribution in [1.29, 1.82) is 0 Å². The summed E-state index contributed by atoms with van der Waals surface area (Å²) in [6.45, 7) is 0.840. The molecule has 166 valence electrons. The van der Waals surface area contributed by atoms with Gasteiger partial charge in [-0.1, -0.05) is 30.3 Å². The van der Waals surface area contributed by atoms with Crippen LogP contribution >= 0.6 is 0 Å². The van der Waals surface area contributed by atoms with E-state index in [4.69, 9.17) is 4.74 Å². The van der Waals surface area contributed by atoms with Crippen LogP contribution in [0.5, 0.6) is 0 Å². The maximum Gasteiger partial charge on any atom is 0.248 e. The third-order valence-corrected chi connectivity index (χ3v) is 6.63. The Balaban J connectivity index is 1.64. The molecule has 0 bridgehead atoms. The second-order valence-electron chi connectivity index (χ2n) is 7.54. The number of sulfonamides is 1. The monoisotopic (exact) mass is 453 g/mol. The van der Waals surface area contributed by atoms with E-state index in [1.165, 1.54) is 29.2 Å². The van der Waals surface area contributed by atoms with E-state index in [9.17, 15) is 18.0 Å². The minimum absolute atomic E-state index is 0.00438. The average Bonchev–Trinajstić information content (AvgIpc) is 3.30. The number of nitrogens with zero attached hydrogens (tertiary/aromatic N) is 1. The van der Waals surface area contributed by atoms with E-state index in [1.54, 1.807) is 43.4 Å². The Morgan fingerprint density at radius 3 is 2.66 bits per heavy atom. The van der Waals surface area contributed by atoms with Gasteiger partial charge in [0.2, 0.25) is 21.5 Å². The first-order chi connectivity index (χ1) is 15.3. The highest BCUT2D eigenvalue weighted by Crippen LogP contribution is 2.22. The van der Waals surface area contributed by atoms with E-state index in [2.05, 4.69) is 9.71 Å². The molecule has 32 heavy (non-hydrogen) atoms. The third kappa shape index (κ3) is 4.74. The zero-order valence-electron chi connectivity index (χ0n) is 17.4. The molecule has 4 rings (SSSR count). The van der Waals surface area contributed by atoms with Gasteiger partial charge in [-0.2, -0.15) is 4.72 Å². The summed E-state index contributed by atoms with van der Waals surface area (Å²) in [4.78, 5) is 28.9. The van der Waals surface area contributed by atoms with Gasteiger partial charge in [-0.05, 0) is 41.3 Å². The van der Waals surface area contributed by atoms with E-state index in [0.717, 1.165) is 6.42 Å². The molecule has 1 amide bonds. The molecule has 0 radical (unpaired) electrons. The average molecular weight is 454 g/mol. The molecule has 1 unspecified atom stereocenters. The first-order valence-corrected chi connectivity index (χ1v) is 11.6. The summed E-state index contributed by atoms with van der Waals surface area (Å²) in [7, 11) is -2.44. The number of aromatic amines is 1. The van der Waals surface area contributed by atoms with Gasteiger partial charge in [-0.15, -0.1) is 0 Å². The van der Waals surface area contributed by atoms with Gasteiger partial charge in [-0.25, -0.2) is 8.42 Å². The van der Waals surface area contributed by atoms with E-state index in [1.807, 2.05) is 6.08 Å². The number of amides is 1. The second kappa shape index (κ2) is 8.97. The lowest BCUT2D eigenvalue weighted by molar-refractivity contribution is -0.131.